The number of halogens is 1. The molecule has 0 amide bonds. The van der Waals surface area contributed by atoms with Gasteiger partial charge in [0.1, 0.15) is 24.5 Å². The number of ether oxygens (including phenoxy) is 1. The molecule has 0 aliphatic carbocycles. The first-order valence-electron chi connectivity index (χ1n) is 9.43. The van der Waals surface area contributed by atoms with Crippen molar-refractivity contribution in [3.05, 3.63) is 58.9 Å². The Labute approximate surface area is 154 Å². The summed E-state index contributed by atoms with van der Waals surface area (Å²) in [6, 6.07) is 11.3. The van der Waals surface area contributed by atoms with Crippen LogP contribution in [0.4, 0.5) is 10.1 Å². The Morgan fingerprint density at radius 1 is 1.23 bits per heavy atom. The maximum atomic E-state index is 14.1. The van der Waals surface area contributed by atoms with Crippen LogP contribution in [0.3, 0.4) is 0 Å². The molecule has 26 heavy (non-hydrogen) atoms. The number of carbonyl (C=O) groups excluding carboxylic acids is 1. The maximum Gasteiger partial charge on any atom is 0.130 e. The number of hydrogen-bond donors (Lipinski definition) is 0. The zero-order valence-corrected chi connectivity index (χ0v) is 15.3. The van der Waals surface area contributed by atoms with Crippen molar-refractivity contribution in [2.24, 2.45) is 0 Å². The van der Waals surface area contributed by atoms with Crippen molar-refractivity contribution in [1.82, 2.24) is 0 Å². The molecular formula is C22H26FNO2. The molecule has 4 heteroatoms. The first-order valence-corrected chi connectivity index (χ1v) is 9.43. The topological polar surface area (TPSA) is 29.5 Å². The predicted octanol–water partition coefficient (Wildman–Crippen LogP) is 4.70. The second-order valence-corrected chi connectivity index (χ2v) is 6.75. The third-order valence-electron chi connectivity index (χ3n) is 4.89. The molecule has 0 bridgehead atoms. The average Bonchev–Trinajstić information content (AvgIpc) is 2.66. The van der Waals surface area contributed by atoms with E-state index in [0.717, 1.165) is 38.6 Å². The van der Waals surface area contributed by atoms with Crippen LogP contribution in [0.5, 0.6) is 5.75 Å². The average molecular weight is 355 g/mol. The number of benzene rings is 2. The van der Waals surface area contributed by atoms with E-state index in [4.69, 9.17) is 4.74 Å². The molecule has 2 aromatic rings. The quantitative estimate of drug-likeness (QED) is 0.643. The van der Waals surface area contributed by atoms with E-state index in [1.54, 1.807) is 12.1 Å². The molecule has 1 aliphatic rings. The first kappa shape index (κ1) is 18.4. The normalized spacial score (nSPS) is 13.4. The van der Waals surface area contributed by atoms with Crippen LogP contribution in [0.1, 0.15) is 42.9 Å². The van der Waals surface area contributed by atoms with Gasteiger partial charge in [-0.1, -0.05) is 25.1 Å². The van der Waals surface area contributed by atoms with Crippen molar-refractivity contribution in [2.45, 2.75) is 45.6 Å². The molecule has 1 heterocycles. The van der Waals surface area contributed by atoms with Crippen LogP contribution in [0.25, 0.3) is 0 Å². The van der Waals surface area contributed by atoms with Gasteiger partial charge in [-0.25, -0.2) is 4.39 Å². The zero-order chi connectivity index (χ0) is 18.4. The van der Waals surface area contributed by atoms with E-state index < -0.39 is 0 Å². The number of anilines is 1. The van der Waals surface area contributed by atoms with E-state index >= 15 is 0 Å². The second kappa shape index (κ2) is 8.84. The summed E-state index contributed by atoms with van der Waals surface area (Å²) >= 11 is 0. The summed E-state index contributed by atoms with van der Waals surface area (Å²) in [7, 11) is 0. The van der Waals surface area contributed by atoms with Crippen molar-refractivity contribution in [1.29, 1.82) is 0 Å². The Hall–Kier alpha value is -2.36. The molecule has 0 fully saturated rings. The Kier molecular flexibility index (Phi) is 6.26. The summed E-state index contributed by atoms with van der Waals surface area (Å²) in [6.45, 7) is 4.83. The van der Waals surface area contributed by atoms with E-state index in [0.29, 0.717) is 30.8 Å². The molecule has 0 aromatic heterocycles. The fourth-order valence-electron chi connectivity index (χ4n) is 3.61. The SMILES string of the molecule is CCCN1CCCc2c(COc3ccc(CCC=O)c(F)c3)cccc21. The number of hydrogen-bond acceptors (Lipinski definition) is 3. The van der Waals surface area contributed by atoms with E-state index in [2.05, 4.69) is 30.0 Å². The zero-order valence-electron chi connectivity index (χ0n) is 15.3. The van der Waals surface area contributed by atoms with Gasteiger partial charge in [-0.3, -0.25) is 0 Å². The minimum absolute atomic E-state index is 0.312. The Morgan fingerprint density at radius 2 is 2.12 bits per heavy atom. The van der Waals surface area contributed by atoms with Crippen LogP contribution in [0.15, 0.2) is 36.4 Å². The Morgan fingerprint density at radius 3 is 2.88 bits per heavy atom. The Balaban J connectivity index is 1.71. The van der Waals surface area contributed by atoms with Gasteiger partial charge in [0.25, 0.3) is 0 Å². The minimum atomic E-state index is -0.312. The lowest BCUT2D eigenvalue weighted by atomic mass is 9.96. The van der Waals surface area contributed by atoms with Crippen molar-refractivity contribution < 1.29 is 13.9 Å². The number of aldehydes is 1. The van der Waals surface area contributed by atoms with Crippen molar-refractivity contribution in [3.63, 3.8) is 0 Å². The number of carbonyl (C=O) groups is 1. The highest BCUT2D eigenvalue weighted by molar-refractivity contribution is 5.58. The van der Waals surface area contributed by atoms with Crippen LogP contribution >= 0.6 is 0 Å². The van der Waals surface area contributed by atoms with Gasteiger partial charge in [-0.15, -0.1) is 0 Å². The number of aryl methyl sites for hydroxylation is 1. The monoisotopic (exact) mass is 355 g/mol. The number of rotatable bonds is 8. The number of fused-ring (bicyclic) bond motifs is 1. The fourth-order valence-corrected chi connectivity index (χ4v) is 3.61. The highest BCUT2D eigenvalue weighted by Crippen LogP contribution is 2.31. The third-order valence-corrected chi connectivity index (χ3v) is 4.89. The van der Waals surface area contributed by atoms with Gasteiger partial charge in [0, 0.05) is 31.3 Å². The molecular weight excluding hydrogens is 329 g/mol. The van der Waals surface area contributed by atoms with Gasteiger partial charge < -0.3 is 14.4 Å². The molecule has 0 radical (unpaired) electrons. The van der Waals surface area contributed by atoms with Crippen LogP contribution < -0.4 is 9.64 Å². The molecule has 3 rings (SSSR count). The van der Waals surface area contributed by atoms with E-state index in [9.17, 15) is 9.18 Å². The molecule has 0 atom stereocenters. The first-order chi connectivity index (χ1) is 12.7. The van der Waals surface area contributed by atoms with Gasteiger partial charge in [0.05, 0.1) is 0 Å². The van der Waals surface area contributed by atoms with Crippen LogP contribution in [-0.4, -0.2) is 19.4 Å². The molecule has 0 saturated carbocycles. The van der Waals surface area contributed by atoms with Crippen molar-refractivity contribution >= 4 is 12.0 Å². The van der Waals surface area contributed by atoms with Gasteiger partial charge in [0.15, 0.2) is 0 Å². The highest BCUT2D eigenvalue weighted by atomic mass is 19.1. The lowest BCUT2D eigenvalue weighted by Crippen LogP contribution is -2.30. The molecule has 0 unspecified atom stereocenters. The van der Waals surface area contributed by atoms with Crippen molar-refractivity contribution in [2.75, 3.05) is 18.0 Å². The van der Waals surface area contributed by atoms with E-state index in [1.165, 1.54) is 22.9 Å². The predicted molar refractivity (Wildman–Crippen MR) is 102 cm³/mol. The smallest absolute Gasteiger partial charge is 0.130 e. The van der Waals surface area contributed by atoms with Crippen molar-refractivity contribution in [3.8, 4) is 5.75 Å². The highest BCUT2D eigenvalue weighted by Gasteiger charge is 2.18. The standard InChI is InChI=1S/C22H26FNO2/c1-2-12-24-13-4-8-20-18(6-3-9-22(20)24)16-26-19-11-10-17(7-5-14-25)21(23)15-19/h3,6,9-11,14-15H,2,4-5,7-8,12-13,16H2,1H3. The molecule has 2 aromatic carbocycles. The summed E-state index contributed by atoms with van der Waals surface area (Å²) in [4.78, 5) is 12.9. The van der Waals surface area contributed by atoms with Gasteiger partial charge in [-0.2, -0.15) is 0 Å². The van der Waals surface area contributed by atoms with E-state index in [1.807, 2.05) is 0 Å². The molecule has 3 nitrogen and oxygen atoms in total. The molecule has 1 aliphatic heterocycles. The fraction of sp³-hybridized carbons (Fsp3) is 0.409. The minimum Gasteiger partial charge on any atom is -0.489 e. The number of nitrogens with zero attached hydrogens (tertiary/aromatic N) is 1. The molecule has 0 spiro atoms. The van der Waals surface area contributed by atoms with Gasteiger partial charge in [0.2, 0.25) is 0 Å². The van der Waals surface area contributed by atoms with Crippen LogP contribution in [-0.2, 0) is 24.2 Å². The molecule has 0 N–H and O–H groups in total. The maximum absolute atomic E-state index is 14.1. The second-order valence-electron chi connectivity index (χ2n) is 6.75. The Bertz CT molecular complexity index is 760. The summed E-state index contributed by atoms with van der Waals surface area (Å²) < 4.78 is 20.0. The summed E-state index contributed by atoms with van der Waals surface area (Å²) in [6.07, 6.45) is 4.93. The van der Waals surface area contributed by atoms with Crippen LogP contribution in [0.2, 0.25) is 0 Å². The lowest BCUT2D eigenvalue weighted by Gasteiger charge is -2.32. The molecule has 0 saturated heterocycles. The summed E-state index contributed by atoms with van der Waals surface area (Å²) in [5, 5.41) is 0. The van der Waals surface area contributed by atoms with Gasteiger partial charge in [-0.05, 0) is 54.5 Å². The third kappa shape index (κ3) is 4.24. The van der Waals surface area contributed by atoms with Crippen LogP contribution in [0, 0.1) is 5.82 Å². The summed E-state index contributed by atoms with van der Waals surface area (Å²) in [5.41, 5.74) is 4.40. The molecule has 138 valence electrons. The largest absolute Gasteiger partial charge is 0.489 e. The van der Waals surface area contributed by atoms with Gasteiger partial charge >= 0.3 is 0 Å². The lowest BCUT2D eigenvalue weighted by molar-refractivity contribution is -0.107. The van der Waals surface area contributed by atoms with E-state index in [-0.39, 0.29) is 5.82 Å². The summed E-state index contributed by atoms with van der Waals surface area (Å²) in [5.74, 6) is 0.213.